The first-order valence-corrected chi connectivity index (χ1v) is 10.1. The van der Waals surface area contributed by atoms with Crippen LogP contribution in [-0.2, 0) is 9.47 Å². The highest BCUT2D eigenvalue weighted by atomic mass is 16.5. The Balaban J connectivity index is 1.87. The van der Waals surface area contributed by atoms with Crippen LogP contribution in [0.2, 0.25) is 0 Å². The highest BCUT2D eigenvalue weighted by Crippen LogP contribution is 2.35. The maximum absolute atomic E-state index is 12.7. The number of anilines is 1. The predicted octanol–water partition coefficient (Wildman–Crippen LogP) is 3.04. The molecule has 0 saturated carbocycles. The lowest BCUT2D eigenvalue weighted by Crippen LogP contribution is -2.34. The van der Waals surface area contributed by atoms with Crippen molar-refractivity contribution in [2.75, 3.05) is 32.8 Å². The summed E-state index contributed by atoms with van der Waals surface area (Å²) in [4.78, 5) is 20.1. The van der Waals surface area contributed by atoms with Crippen molar-refractivity contribution in [3.05, 3.63) is 51.4 Å². The second-order valence-electron chi connectivity index (χ2n) is 7.67. The number of H-pyrrole nitrogens is 1. The van der Waals surface area contributed by atoms with Gasteiger partial charge in [-0.3, -0.25) is 4.79 Å². The van der Waals surface area contributed by atoms with Crippen molar-refractivity contribution in [1.29, 1.82) is 5.41 Å². The van der Waals surface area contributed by atoms with Gasteiger partial charge in [-0.1, -0.05) is 12.1 Å². The second kappa shape index (κ2) is 8.49. The molecular formula is C23H26N4O4. The zero-order chi connectivity index (χ0) is 22.1. The van der Waals surface area contributed by atoms with Gasteiger partial charge in [0.2, 0.25) is 5.88 Å². The van der Waals surface area contributed by atoms with Gasteiger partial charge < -0.3 is 29.9 Å². The minimum Gasteiger partial charge on any atom is -0.481 e. The number of rotatable bonds is 6. The van der Waals surface area contributed by atoms with Crippen molar-refractivity contribution >= 4 is 22.8 Å². The van der Waals surface area contributed by atoms with Crippen LogP contribution in [0.5, 0.6) is 5.88 Å². The van der Waals surface area contributed by atoms with E-state index >= 15 is 0 Å². The number of ether oxygens (including phenoxy) is 3. The van der Waals surface area contributed by atoms with Gasteiger partial charge in [0, 0.05) is 30.0 Å². The van der Waals surface area contributed by atoms with Gasteiger partial charge in [-0.05, 0) is 37.1 Å². The molecule has 0 radical (unpaired) electrons. The quantitative estimate of drug-likeness (QED) is 0.527. The Morgan fingerprint density at radius 3 is 2.77 bits per heavy atom. The molecule has 0 bridgehead atoms. The third kappa shape index (κ3) is 3.80. The summed E-state index contributed by atoms with van der Waals surface area (Å²) in [6.45, 7) is 4.89. The monoisotopic (exact) mass is 422 g/mol. The van der Waals surface area contributed by atoms with Crippen LogP contribution in [0.3, 0.4) is 0 Å². The lowest BCUT2D eigenvalue weighted by molar-refractivity contribution is 0.0795. The Labute approximate surface area is 180 Å². The molecular weight excluding hydrogens is 396 g/mol. The normalized spacial score (nSPS) is 18.3. The Bertz CT molecular complexity index is 1200. The van der Waals surface area contributed by atoms with Crippen LogP contribution in [0.4, 0.5) is 5.69 Å². The Morgan fingerprint density at radius 1 is 1.26 bits per heavy atom. The number of hydrogen-bond acceptors (Lipinski definition) is 7. The van der Waals surface area contributed by atoms with E-state index in [0.717, 1.165) is 34.0 Å². The van der Waals surface area contributed by atoms with Gasteiger partial charge in [-0.25, -0.2) is 4.98 Å². The van der Waals surface area contributed by atoms with Gasteiger partial charge in [-0.15, -0.1) is 0 Å². The zero-order valence-corrected chi connectivity index (χ0v) is 18.0. The molecule has 8 nitrogen and oxygen atoms in total. The Morgan fingerprint density at radius 2 is 2.06 bits per heavy atom. The molecule has 1 aliphatic heterocycles. The summed E-state index contributed by atoms with van der Waals surface area (Å²) < 4.78 is 16.5. The van der Waals surface area contributed by atoms with Gasteiger partial charge in [-0.2, -0.15) is 0 Å². The fraction of sp³-hybridized carbons (Fsp3) is 0.348. The molecule has 0 spiro atoms. The highest BCUT2D eigenvalue weighted by molar-refractivity contribution is 6.02. The summed E-state index contributed by atoms with van der Waals surface area (Å²) >= 11 is 0. The van der Waals surface area contributed by atoms with Crippen LogP contribution in [-0.4, -0.2) is 55.8 Å². The molecule has 8 heteroatoms. The van der Waals surface area contributed by atoms with Crippen molar-refractivity contribution in [2.24, 2.45) is 0 Å². The van der Waals surface area contributed by atoms with E-state index in [-0.39, 0.29) is 23.3 Å². The van der Waals surface area contributed by atoms with Crippen LogP contribution in [0.15, 0.2) is 29.1 Å². The van der Waals surface area contributed by atoms with E-state index in [2.05, 4.69) is 15.3 Å². The van der Waals surface area contributed by atoms with Crippen molar-refractivity contribution in [3.63, 3.8) is 0 Å². The number of nitrogens with one attached hydrogen (secondary N) is 3. The van der Waals surface area contributed by atoms with Crippen LogP contribution >= 0.6 is 0 Å². The summed E-state index contributed by atoms with van der Waals surface area (Å²) in [5.41, 5.74) is 4.87. The van der Waals surface area contributed by atoms with Crippen molar-refractivity contribution in [2.45, 2.75) is 26.0 Å². The van der Waals surface area contributed by atoms with E-state index in [1.54, 1.807) is 14.2 Å². The van der Waals surface area contributed by atoms with Gasteiger partial charge in [0.15, 0.2) is 0 Å². The molecule has 31 heavy (non-hydrogen) atoms. The topological polar surface area (TPSA) is 109 Å². The fourth-order valence-electron chi connectivity index (χ4n) is 4.15. The fourth-order valence-corrected chi connectivity index (χ4v) is 4.15. The van der Waals surface area contributed by atoms with Crippen molar-refractivity contribution in [1.82, 2.24) is 9.97 Å². The molecule has 1 aliphatic rings. The van der Waals surface area contributed by atoms with Crippen LogP contribution < -0.4 is 15.6 Å². The number of pyridine rings is 2. The smallest absolute Gasteiger partial charge is 0.259 e. The van der Waals surface area contributed by atoms with Gasteiger partial charge in [0.05, 0.1) is 43.1 Å². The average Bonchev–Trinajstić information content (AvgIpc) is 3.20. The molecule has 1 saturated heterocycles. The second-order valence-corrected chi connectivity index (χ2v) is 7.67. The number of nitrogens with zero attached hydrogens (tertiary/aromatic N) is 1. The highest BCUT2D eigenvalue weighted by Gasteiger charge is 2.29. The maximum atomic E-state index is 12.7. The van der Waals surface area contributed by atoms with E-state index in [1.165, 1.54) is 0 Å². The van der Waals surface area contributed by atoms with E-state index in [1.807, 2.05) is 38.1 Å². The van der Waals surface area contributed by atoms with E-state index < -0.39 is 0 Å². The lowest BCUT2D eigenvalue weighted by Gasteiger charge is -2.21. The number of benzene rings is 1. The minimum absolute atomic E-state index is 0.114. The molecule has 3 heterocycles. The number of aromatic nitrogens is 2. The van der Waals surface area contributed by atoms with Crippen LogP contribution in [0.25, 0.3) is 22.0 Å². The number of fused-ring (bicyclic) bond motifs is 1. The number of hydrogen-bond donors (Lipinski definition) is 3. The molecule has 1 fully saturated rings. The summed E-state index contributed by atoms with van der Waals surface area (Å²) in [5.74, 6) is 0.541. The van der Waals surface area contributed by atoms with Crippen LogP contribution in [0.1, 0.15) is 16.8 Å². The molecule has 1 aromatic carbocycles. The van der Waals surface area contributed by atoms with E-state index in [9.17, 15) is 4.79 Å². The number of aryl methyl sites for hydroxylation is 2. The first kappa shape index (κ1) is 21.0. The van der Waals surface area contributed by atoms with Crippen molar-refractivity contribution < 1.29 is 14.2 Å². The molecule has 2 aromatic heterocycles. The standard InChI is InChI=1S/C23H26N4O4/c1-12-7-13(2)25-23(30-4)20(12)14-5-6-15-17(8-14)27-22(28)16(9-24)21(15)26-18-10-31-11-19(18)29-3/h5-9,18-19,24H,10-11H2,1-4H3,(H2,26,27,28). The largest absolute Gasteiger partial charge is 0.481 e. The molecule has 3 N–H and O–H groups in total. The van der Waals surface area contributed by atoms with Gasteiger partial charge >= 0.3 is 0 Å². The third-order valence-electron chi connectivity index (χ3n) is 5.65. The molecule has 4 rings (SSSR count). The Hall–Kier alpha value is -3.23. The minimum atomic E-state index is -0.333. The lowest BCUT2D eigenvalue weighted by atomic mass is 9.98. The Kier molecular flexibility index (Phi) is 5.75. The molecule has 0 aliphatic carbocycles. The SMILES string of the molecule is COc1nc(C)cc(C)c1-c1ccc2c(NC3COCC3OC)c(C=N)c(=O)[nH]c2c1. The molecule has 0 amide bonds. The molecule has 162 valence electrons. The predicted molar refractivity (Wildman–Crippen MR) is 121 cm³/mol. The maximum Gasteiger partial charge on any atom is 0.259 e. The molecule has 2 unspecified atom stereocenters. The average molecular weight is 422 g/mol. The first-order valence-electron chi connectivity index (χ1n) is 10.1. The summed E-state index contributed by atoms with van der Waals surface area (Å²) in [7, 11) is 3.24. The molecule has 3 aromatic rings. The van der Waals surface area contributed by atoms with Crippen molar-refractivity contribution in [3.8, 4) is 17.0 Å². The molecule has 2 atom stereocenters. The van der Waals surface area contributed by atoms with E-state index in [0.29, 0.717) is 30.3 Å². The van der Waals surface area contributed by atoms with E-state index in [4.69, 9.17) is 19.6 Å². The zero-order valence-electron chi connectivity index (χ0n) is 18.0. The van der Waals surface area contributed by atoms with Gasteiger partial charge in [0.1, 0.15) is 6.10 Å². The summed E-state index contributed by atoms with van der Waals surface area (Å²) in [6.07, 6.45) is 0.946. The first-order chi connectivity index (χ1) is 15.0. The third-order valence-corrected chi connectivity index (χ3v) is 5.65. The number of methoxy groups -OCH3 is 2. The van der Waals surface area contributed by atoms with Gasteiger partial charge in [0.25, 0.3) is 5.56 Å². The number of aromatic amines is 1. The van der Waals surface area contributed by atoms with Crippen LogP contribution in [0, 0.1) is 19.3 Å². The summed E-state index contributed by atoms with van der Waals surface area (Å²) in [5, 5.41) is 12.0. The summed E-state index contributed by atoms with van der Waals surface area (Å²) in [6, 6.07) is 7.71.